The molecule has 0 amide bonds. The fraction of sp³-hybridized carbons (Fsp3) is 0.562. The van der Waals surface area contributed by atoms with E-state index in [4.69, 9.17) is 4.74 Å². The third kappa shape index (κ3) is 4.57. The monoisotopic (exact) mass is 403 g/mol. The van der Waals surface area contributed by atoms with Gasteiger partial charge in [-0.05, 0) is 31.9 Å². The highest BCUT2D eigenvalue weighted by atomic mass is 127. The number of aryl methyl sites for hydroxylation is 2. The number of halogens is 1. The molecule has 1 unspecified atom stereocenters. The van der Waals surface area contributed by atoms with Gasteiger partial charge < -0.3 is 15.0 Å². The van der Waals surface area contributed by atoms with Crippen molar-refractivity contribution in [3.8, 4) is 0 Å². The van der Waals surface area contributed by atoms with E-state index in [-0.39, 0.29) is 30.1 Å². The third-order valence-corrected chi connectivity index (χ3v) is 3.68. The Kier molecular flexibility index (Phi) is 7.45. The topological polar surface area (TPSA) is 36.9 Å². The molecule has 0 radical (unpaired) electrons. The molecule has 21 heavy (non-hydrogen) atoms. The minimum atomic E-state index is 0. The second kappa shape index (κ2) is 8.58. The van der Waals surface area contributed by atoms with Gasteiger partial charge in [-0.1, -0.05) is 23.8 Å². The van der Waals surface area contributed by atoms with E-state index in [9.17, 15) is 0 Å². The van der Waals surface area contributed by atoms with Crippen LogP contribution in [0, 0.1) is 13.8 Å². The van der Waals surface area contributed by atoms with Crippen molar-refractivity contribution in [2.24, 2.45) is 4.99 Å². The number of hydrogen-bond acceptors (Lipinski definition) is 2. The molecule has 4 nitrogen and oxygen atoms in total. The van der Waals surface area contributed by atoms with Crippen molar-refractivity contribution in [2.45, 2.75) is 26.9 Å². The zero-order valence-electron chi connectivity index (χ0n) is 13.3. The summed E-state index contributed by atoms with van der Waals surface area (Å²) >= 11 is 0. The Balaban J connectivity index is 0.00000220. The lowest BCUT2D eigenvalue weighted by Gasteiger charge is -2.35. The molecule has 0 aromatic heterocycles. The van der Waals surface area contributed by atoms with Gasteiger partial charge in [0.1, 0.15) is 6.10 Å². The van der Waals surface area contributed by atoms with E-state index in [1.807, 2.05) is 7.05 Å². The largest absolute Gasteiger partial charge is 0.370 e. The summed E-state index contributed by atoms with van der Waals surface area (Å²) in [6.45, 7) is 9.74. The van der Waals surface area contributed by atoms with Crippen LogP contribution in [0.25, 0.3) is 0 Å². The zero-order chi connectivity index (χ0) is 14.5. The summed E-state index contributed by atoms with van der Waals surface area (Å²) < 4.78 is 5.96. The molecule has 0 saturated carbocycles. The maximum Gasteiger partial charge on any atom is 0.193 e. The van der Waals surface area contributed by atoms with Crippen LogP contribution in [0.5, 0.6) is 0 Å². The number of benzene rings is 1. The van der Waals surface area contributed by atoms with Crippen LogP contribution in [0.3, 0.4) is 0 Å². The standard InChI is InChI=1S/C16H25N3O.HI/c1-5-18-16(17-4)19-8-9-20-15(11-19)14-7-6-12(2)10-13(14)3;/h6-7,10,15H,5,8-9,11H2,1-4H3,(H,17,18);1H. The van der Waals surface area contributed by atoms with Crippen LogP contribution in [0.1, 0.15) is 29.7 Å². The van der Waals surface area contributed by atoms with Crippen LogP contribution in [0.15, 0.2) is 23.2 Å². The first-order valence-corrected chi connectivity index (χ1v) is 7.30. The smallest absolute Gasteiger partial charge is 0.193 e. The molecule has 0 spiro atoms. The predicted molar refractivity (Wildman–Crippen MR) is 98.6 cm³/mol. The normalized spacial score (nSPS) is 19.1. The van der Waals surface area contributed by atoms with Crippen LogP contribution in [0.4, 0.5) is 0 Å². The van der Waals surface area contributed by atoms with Crippen molar-refractivity contribution >= 4 is 29.9 Å². The van der Waals surface area contributed by atoms with Gasteiger partial charge >= 0.3 is 0 Å². The van der Waals surface area contributed by atoms with Crippen molar-refractivity contribution < 1.29 is 4.74 Å². The van der Waals surface area contributed by atoms with Gasteiger partial charge in [-0.25, -0.2) is 0 Å². The number of aliphatic imine (C=N–C) groups is 1. The van der Waals surface area contributed by atoms with Crippen LogP contribution < -0.4 is 5.32 Å². The van der Waals surface area contributed by atoms with Gasteiger partial charge in [-0.3, -0.25) is 4.99 Å². The maximum atomic E-state index is 5.96. The highest BCUT2D eigenvalue weighted by Gasteiger charge is 2.24. The lowest BCUT2D eigenvalue weighted by molar-refractivity contribution is -0.00828. The fourth-order valence-corrected chi connectivity index (χ4v) is 2.71. The Morgan fingerprint density at radius 2 is 2.19 bits per heavy atom. The minimum Gasteiger partial charge on any atom is -0.370 e. The van der Waals surface area contributed by atoms with Crippen molar-refractivity contribution in [3.05, 3.63) is 34.9 Å². The van der Waals surface area contributed by atoms with Crippen molar-refractivity contribution in [1.82, 2.24) is 10.2 Å². The molecule has 1 saturated heterocycles. The van der Waals surface area contributed by atoms with Crippen LogP contribution >= 0.6 is 24.0 Å². The second-order valence-electron chi connectivity index (χ2n) is 5.24. The molecule has 1 aliphatic heterocycles. The van der Waals surface area contributed by atoms with E-state index < -0.39 is 0 Å². The van der Waals surface area contributed by atoms with Crippen LogP contribution in [0.2, 0.25) is 0 Å². The molecule has 5 heteroatoms. The molecule has 2 rings (SSSR count). The SMILES string of the molecule is CCNC(=NC)N1CCOC(c2ccc(C)cc2C)C1.I. The average molecular weight is 403 g/mol. The number of rotatable bonds is 2. The van der Waals surface area contributed by atoms with E-state index in [1.165, 1.54) is 16.7 Å². The molecule has 118 valence electrons. The first-order chi connectivity index (χ1) is 9.65. The number of morpholine rings is 1. The average Bonchev–Trinajstić information content (AvgIpc) is 2.45. The van der Waals surface area contributed by atoms with Gasteiger partial charge in [0.05, 0.1) is 13.2 Å². The van der Waals surface area contributed by atoms with E-state index in [2.05, 4.69) is 54.2 Å². The number of guanidine groups is 1. The summed E-state index contributed by atoms with van der Waals surface area (Å²) in [6.07, 6.45) is 0.125. The van der Waals surface area contributed by atoms with Gasteiger partial charge in [-0.2, -0.15) is 0 Å². The summed E-state index contributed by atoms with van der Waals surface area (Å²) in [7, 11) is 1.83. The number of nitrogens with one attached hydrogen (secondary N) is 1. The van der Waals surface area contributed by atoms with Gasteiger partial charge in [0.2, 0.25) is 0 Å². The molecular weight excluding hydrogens is 377 g/mol. The van der Waals surface area contributed by atoms with Crippen molar-refractivity contribution in [2.75, 3.05) is 33.3 Å². The van der Waals surface area contributed by atoms with E-state index in [0.29, 0.717) is 0 Å². The Labute approximate surface area is 145 Å². The number of nitrogens with zero attached hydrogens (tertiary/aromatic N) is 2. The first-order valence-electron chi connectivity index (χ1n) is 7.30. The Morgan fingerprint density at radius 3 is 2.81 bits per heavy atom. The molecule has 1 N–H and O–H groups in total. The molecule has 0 aliphatic carbocycles. The summed E-state index contributed by atoms with van der Waals surface area (Å²) in [6, 6.07) is 6.56. The van der Waals surface area contributed by atoms with E-state index in [1.54, 1.807) is 0 Å². The summed E-state index contributed by atoms with van der Waals surface area (Å²) in [5.74, 6) is 0.963. The Bertz CT molecular complexity index is 490. The Hall–Kier alpha value is -0.820. The molecule has 1 aromatic rings. The first kappa shape index (κ1) is 18.2. The Morgan fingerprint density at radius 1 is 1.43 bits per heavy atom. The predicted octanol–water partition coefficient (Wildman–Crippen LogP) is 2.89. The molecular formula is C16H26IN3O. The summed E-state index contributed by atoms with van der Waals surface area (Å²) in [5, 5.41) is 3.32. The van der Waals surface area contributed by atoms with Gasteiger partial charge in [0, 0.05) is 20.1 Å². The lowest BCUT2D eigenvalue weighted by atomic mass is 10.00. The van der Waals surface area contributed by atoms with Gasteiger partial charge in [0.25, 0.3) is 0 Å². The zero-order valence-corrected chi connectivity index (χ0v) is 15.7. The highest BCUT2D eigenvalue weighted by molar-refractivity contribution is 14.0. The van der Waals surface area contributed by atoms with E-state index in [0.717, 1.165) is 32.2 Å². The highest BCUT2D eigenvalue weighted by Crippen LogP contribution is 2.25. The third-order valence-electron chi connectivity index (χ3n) is 3.68. The van der Waals surface area contributed by atoms with E-state index >= 15 is 0 Å². The molecule has 1 aromatic carbocycles. The molecule has 1 heterocycles. The number of ether oxygens (including phenoxy) is 1. The minimum absolute atomic E-state index is 0. The van der Waals surface area contributed by atoms with Crippen molar-refractivity contribution in [1.29, 1.82) is 0 Å². The van der Waals surface area contributed by atoms with Crippen LogP contribution in [-0.4, -0.2) is 44.1 Å². The fourth-order valence-electron chi connectivity index (χ4n) is 2.71. The molecule has 1 fully saturated rings. The van der Waals surface area contributed by atoms with Gasteiger partial charge in [-0.15, -0.1) is 24.0 Å². The number of hydrogen-bond donors (Lipinski definition) is 1. The summed E-state index contributed by atoms with van der Waals surface area (Å²) in [5.41, 5.74) is 3.88. The molecule has 1 aliphatic rings. The maximum absolute atomic E-state index is 5.96. The van der Waals surface area contributed by atoms with Gasteiger partial charge in [0.15, 0.2) is 5.96 Å². The van der Waals surface area contributed by atoms with Crippen molar-refractivity contribution in [3.63, 3.8) is 0 Å². The molecule has 1 atom stereocenters. The molecule has 0 bridgehead atoms. The lowest BCUT2D eigenvalue weighted by Crippen LogP contribution is -2.48. The quantitative estimate of drug-likeness (QED) is 0.469. The summed E-state index contributed by atoms with van der Waals surface area (Å²) in [4.78, 5) is 6.62. The second-order valence-corrected chi connectivity index (χ2v) is 5.24. The van der Waals surface area contributed by atoms with Crippen LogP contribution in [-0.2, 0) is 4.74 Å².